The predicted octanol–water partition coefficient (Wildman–Crippen LogP) is 5.46. The van der Waals surface area contributed by atoms with Gasteiger partial charge in [0, 0.05) is 47.2 Å². The lowest BCUT2D eigenvalue weighted by Gasteiger charge is -2.47. The van der Waals surface area contributed by atoms with Gasteiger partial charge in [0.15, 0.2) is 5.82 Å². The molecule has 0 aliphatic heterocycles. The zero-order valence-electron chi connectivity index (χ0n) is 17.9. The third-order valence-corrected chi connectivity index (χ3v) is 7.37. The molecule has 7 heteroatoms. The Kier molecular flexibility index (Phi) is 4.63. The Bertz CT molecular complexity index is 1260. The van der Waals surface area contributed by atoms with Gasteiger partial charge in [-0.1, -0.05) is 6.92 Å². The topological polar surface area (TPSA) is 79.4 Å². The van der Waals surface area contributed by atoms with Crippen LogP contribution in [0.2, 0.25) is 0 Å². The SMILES string of the molecule is CC1C2CCC(CC2)C1Nc1cc(-c2cccnc2)nc(-c2c[nH]c3ncc(F)cc23)n1. The third-order valence-electron chi connectivity index (χ3n) is 7.37. The minimum absolute atomic E-state index is 0.382. The number of hydrogen-bond acceptors (Lipinski definition) is 5. The summed E-state index contributed by atoms with van der Waals surface area (Å²) in [5.41, 5.74) is 3.06. The van der Waals surface area contributed by atoms with Crippen molar-refractivity contribution in [2.75, 3.05) is 5.32 Å². The molecule has 4 heterocycles. The van der Waals surface area contributed by atoms with Crippen LogP contribution in [0.5, 0.6) is 0 Å². The second kappa shape index (κ2) is 7.65. The summed E-state index contributed by atoms with van der Waals surface area (Å²) in [7, 11) is 0. The molecule has 7 rings (SSSR count). The van der Waals surface area contributed by atoms with Crippen molar-refractivity contribution < 1.29 is 4.39 Å². The molecule has 4 aromatic heterocycles. The molecule has 4 aromatic rings. The fourth-order valence-electron chi connectivity index (χ4n) is 5.64. The number of nitrogens with one attached hydrogen (secondary N) is 2. The largest absolute Gasteiger partial charge is 0.367 e. The summed E-state index contributed by atoms with van der Waals surface area (Å²) in [4.78, 5) is 21.2. The number of halogens is 1. The summed E-state index contributed by atoms with van der Waals surface area (Å²) in [6.07, 6.45) is 11.8. The molecule has 2 atom stereocenters. The smallest absolute Gasteiger partial charge is 0.164 e. The number of aromatic nitrogens is 5. The van der Waals surface area contributed by atoms with Crippen LogP contribution in [0.1, 0.15) is 32.6 Å². The van der Waals surface area contributed by atoms with Crippen LogP contribution in [0.4, 0.5) is 10.2 Å². The fraction of sp³-hybridized carbons (Fsp3) is 0.360. The molecule has 3 fully saturated rings. The van der Waals surface area contributed by atoms with Gasteiger partial charge in [-0.15, -0.1) is 0 Å². The standard InChI is InChI=1S/C25H25FN6/c1-14-15-4-6-16(7-5-15)23(14)31-22-10-21(17-3-2-8-27-11-17)30-25(32-22)20-13-29-24-19(20)9-18(26)12-28-24/h2-3,8-16,23H,4-7H2,1H3,(H,28,29)(H,30,31,32). The van der Waals surface area contributed by atoms with Gasteiger partial charge in [0.05, 0.1) is 11.9 Å². The number of anilines is 1. The van der Waals surface area contributed by atoms with E-state index >= 15 is 0 Å². The Morgan fingerprint density at radius 1 is 1.06 bits per heavy atom. The Morgan fingerprint density at radius 2 is 1.91 bits per heavy atom. The van der Waals surface area contributed by atoms with Gasteiger partial charge >= 0.3 is 0 Å². The van der Waals surface area contributed by atoms with Crippen LogP contribution in [0, 0.1) is 23.6 Å². The summed E-state index contributed by atoms with van der Waals surface area (Å²) in [5.74, 6) is 3.06. The second-order valence-electron chi connectivity index (χ2n) is 9.16. The summed E-state index contributed by atoms with van der Waals surface area (Å²) in [5, 5.41) is 4.43. The lowest BCUT2D eigenvalue weighted by atomic mass is 9.62. The quantitative estimate of drug-likeness (QED) is 0.451. The van der Waals surface area contributed by atoms with E-state index in [2.05, 4.69) is 27.2 Å². The van der Waals surface area contributed by atoms with Crippen LogP contribution in [0.25, 0.3) is 33.7 Å². The molecule has 0 spiro atoms. The molecule has 162 valence electrons. The first-order chi connectivity index (χ1) is 15.7. The van der Waals surface area contributed by atoms with E-state index in [-0.39, 0.29) is 5.82 Å². The van der Waals surface area contributed by atoms with E-state index < -0.39 is 0 Å². The molecule has 6 nitrogen and oxygen atoms in total. The average molecular weight is 429 g/mol. The molecule has 0 saturated heterocycles. The maximum Gasteiger partial charge on any atom is 0.164 e. The zero-order valence-corrected chi connectivity index (χ0v) is 17.9. The molecule has 2 N–H and O–H groups in total. The maximum absolute atomic E-state index is 13.9. The summed E-state index contributed by atoms with van der Waals surface area (Å²) < 4.78 is 13.9. The van der Waals surface area contributed by atoms with Crippen LogP contribution >= 0.6 is 0 Å². The molecule has 0 aromatic carbocycles. The van der Waals surface area contributed by atoms with Gasteiger partial charge in [-0.05, 0) is 61.6 Å². The maximum atomic E-state index is 13.9. The molecule has 3 aliphatic carbocycles. The van der Waals surface area contributed by atoms with Gasteiger partial charge in [-0.2, -0.15) is 0 Å². The first kappa shape index (κ1) is 19.3. The van der Waals surface area contributed by atoms with Crippen LogP contribution < -0.4 is 5.32 Å². The van der Waals surface area contributed by atoms with E-state index in [4.69, 9.17) is 9.97 Å². The lowest BCUT2D eigenvalue weighted by molar-refractivity contribution is 0.0928. The molecular weight excluding hydrogens is 403 g/mol. The van der Waals surface area contributed by atoms with Gasteiger partial charge in [0.1, 0.15) is 17.3 Å². The molecule has 0 radical (unpaired) electrons. The van der Waals surface area contributed by atoms with Crippen molar-refractivity contribution in [3.63, 3.8) is 0 Å². The van der Waals surface area contributed by atoms with E-state index in [1.807, 2.05) is 18.2 Å². The van der Waals surface area contributed by atoms with E-state index in [1.165, 1.54) is 37.9 Å². The van der Waals surface area contributed by atoms with Crippen molar-refractivity contribution in [3.8, 4) is 22.6 Å². The van der Waals surface area contributed by atoms with E-state index in [0.717, 1.165) is 28.6 Å². The third kappa shape index (κ3) is 3.32. The van der Waals surface area contributed by atoms with Crippen molar-refractivity contribution in [2.24, 2.45) is 17.8 Å². The van der Waals surface area contributed by atoms with E-state index in [1.54, 1.807) is 18.6 Å². The highest BCUT2D eigenvalue weighted by Crippen LogP contribution is 2.46. The Labute approximate surface area is 185 Å². The van der Waals surface area contributed by atoms with Crippen LogP contribution in [0.15, 0.2) is 49.1 Å². The molecule has 3 saturated carbocycles. The fourth-order valence-corrected chi connectivity index (χ4v) is 5.64. The Balaban J connectivity index is 1.45. The summed E-state index contributed by atoms with van der Waals surface area (Å²) in [6.45, 7) is 2.37. The van der Waals surface area contributed by atoms with Gasteiger partial charge in [-0.25, -0.2) is 19.3 Å². The molecule has 32 heavy (non-hydrogen) atoms. The zero-order chi connectivity index (χ0) is 21.7. The number of rotatable bonds is 4. The van der Waals surface area contributed by atoms with Crippen molar-refractivity contribution in [1.29, 1.82) is 0 Å². The summed E-state index contributed by atoms with van der Waals surface area (Å²) in [6, 6.07) is 7.78. The average Bonchev–Trinajstić information content (AvgIpc) is 3.25. The molecule has 3 aliphatic rings. The number of hydrogen-bond donors (Lipinski definition) is 2. The molecule has 2 bridgehead atoms. The van der Waals surface area contributed by atoms with Gasteiger partial charge in [0.25, 0.3) is 0 Å². The number of nitrogens with zero attached hydrogens (tertiary/aromatic N) is 4. The van der Waals surface area contributed by atoms with Gasteiger partial charge in [-0.3, -0.25) is 4.98 Å². The first-order valence-electron chi connectivity index (χ1n) is 11.3. The van der Waals surface area contributed by atoms with Crippen LogP contribution in [-0.4, -0.2) is 31.0 Å². The molecular formula is C25H25FN6. The van der Waals surface area contributed by atoms with Gasteiger partial charge in [0.2, 0.25) is 0 Å². The predicted molar refractivity (Wildman–Crippen MR) is 122 cm³/mol. The summed E-state index contributed by atoms with van der Waals surface area (Å²) >= 11 is 0. The number of H-pyrrole nitrogens is 1. The minimum Gasteiger partial charge on any atom is -0.367 e. The van der Waals surface area contributed by atoms with Crippen molar-refractivity contribution in [2.45, 2.75) is 38.6 Å². The highest BCUT2D eigenvalue weighted by Gasteiger charge is 2.41. The highest BCUT2D eigenvalue weighted by atomic mass is 19.1. The lowest BCUT2D eigenvalue weighted by Crippen LogP contribution is -2.47. The van der Waals surface area contributed by atoms with Crippen molar-refractivity contribution >= 4 is 16.9 Å². The Morgan fingerprint density at radius 3 is 2.69 bits per heavy atom. The van der Waals surface area contributed by atoms with Crippen molar-refractivity contribution in [1.82, 2.24) is 24.9 Å². The molecule has 2 unspecified atom stereocenters. The number of aromatic amines is 1. The Hall–Kier alpha value is -3.35. The highest BCUT2D eigenvalue weighted by molar-refractivity contribution is 5.92. The van der Waals surface area contributed by atoms with E-state index in [9.17, 15) is 4.39 Å². The second-order valence-corrected chi connectivity index (χ2v) is 9.16. The number of pyridine rings is 2. The van der Waals surface area contributed by atoms with Crippen molar-refractivity contribution in [3.05, 3.63) is 54.9 Å². The molecule has 0 amide bonds. The first-order valence-corrected chi connectivity index (χ1v) is 11.3. The van der Waals surface area contributed by atoms with Crippen LogP contribution in [0.3, 0.4) is 0 Å². The van der Waals surface area contributed by atoms with Gasteiger partial charge < -0.3 is 10.3 Å². The van der Waals surface area contributed by atoms with Crippen LogP contribution in [-0.2, 0) is 0 Å². The number of fused-ring (bicyclic) bond motifs is 4. The minimum atomic E-state index is -0.382. The van der Waals surface area contributed by atoms with E-state index in [0.29, 0.717) is 34.7 Å². The monoisotopic (exact) mass is 428 g/mol. The normalized spacial score (nSPS) is 24.7.